The zero-order chi connectivity index (χ0) is 8.15. The molecule has 1 amide bonds. The van der Waals surface area contributed by atoms with Gasteiger partial charge in [0.2, 0.25) is 5.91 Å². The van der Waals surface area contributed by atoms with Gasteiger partial charge in [-0.3, -0.25) is 9.59 Å². The monoisotopic (exact) mass is 145 g/mol. The molecular weight excluding hydrogens is 134 g/mol. The van der Waals surface area contributed by atoms with Crippen LogP contribution >= 0.6 is 0 Å². The van der Waals surface area contributed by atoms with Gasteiger partial charge in [-0.25, -0.2) is 0 Å². The number of hydrogen-bond donors (Lipinski definition) is 2. The van der Waals surface area contributed by atoms with Crippen molar-refractivity contribution in [2.45, 2.75) is 19.8 Å². The third-order valence-corrected chi connectivity index (χ3v) is 1.25. The van der Waals surface area contributed by atoms with Gasteiger partial charge < -0.3 is 10.8 Å². The quantitative estimate of drug-likeness (QED) is 0.583. The molecule has 0 aliphatic carbocycles. The summed E-state index contributed by atoms with van der Waals surface area (Å²) < 4.78 is 0. The first kappa shape index (κ1) is 8.94. The van der Waals surface area contributed by atoms with Crippen molar-refractivity contribution in [1.82, 2.24) is 0 Å². The Morgan fingerprint density at radius 3 is 2.40 bits per heavy atom. The van der Waals surface area contributed by atoms with Gasteiger partial charge in [0.25, 0.3) is 0 Å². The summed E-state index contributed by atoms with van der Waals surface area (Å²) in [5, 5.41) is 8.34. The molecule has 0 aliphatic rings. The first-order valence-corrected chi connectivity index (χ1v) is 3.05. The van der Waals surface area contributed by atoms with E-state index in [1.54, 1.807) is 6.92 Å². The van der Waals surface area contributed by atoms with E-state index in [2.05, 4.69) is 0 Å². The maximum atomic E-state index is 10.2. The molecule has 3 N–H and O–H groups in total. The van der Waals surface area contributed by atoms with E-state index in [0.717, 1.165) is 0 Å². The highest BCUT2D eigenvalue weighted by molar-refractivity contribution is 5.75. The van der Waals surface area contributed by atoms with E-state index in [1.807, 2.05) is 0 Å². The Bertz CT molecular complexity index is 144. The van der Waals surface area contributed by atoms with Gasteiger partial charge in [0.15, 0.2) is 0 Å². The Labute approximate surface area is 59.0 Å². The first-order chi connectivity index (χ1) is 4.54. The smallest absolute Gasteiger partial charge is 0.306 e. The molecule has 0 aromatic heterocycles. The van der Waals surface area contributed by atoms with Gasteiger partial charge in [-0.15, -0.1) is 0 Å². The lowest BCUT2D eigenvalue weighted by Crippen LogP contribution is -2.15. The summed E-state index contributed by atoms with van der Waals surface area (Å²) in [7, 11) is 0. The Hall–Kier alpha value is -1.06. The molecule has 0 radical (unpaired) electrons. The Morgan fingerprint density at radius 1 is 1.60 bits per heavy atom. The summed E-state index contributed by atoms with van der Waals surface area (Å²) in [5.41, 5.74) is 4.81. The molecule has 1 atom stereocenters. The number of rotatable bonds is 4. The summed E-state index contributed by atoms with van der Waals surface area (Å²) in [6.45, 7) is 1.55. The minimum absolute atomic E-state index is 0.146. The van der Waals surface area contributed by atoms with E-state index >= 15 is 0 Å². The third-order valence-electron chi connectivity index (χ3n) is 1.25. The van der Waals surface area contributed by atoms with Crippen molar-refractivity contribution < 1.29 is 14.7 Å². The molecule has 0 saturated heterocycles. The summed E-state index contributed by atoms with van der Waals surface area (Å²) in [6, 6.07) is 0. The molecule has 0 spiro atoms. The van der Waals surface area contributed by atoms with Crippen LogP contribution in [0.1, 0.15) is 19.8 Å². The second kappa shape index (κ2) is 3.87. The van der Waals surface area contributed by atoms with Crippen molar-refractivity contribution in [1.29, 1.82) is 0 Å². The number of carboxylic acid groups (broad SMARTS) is 1. The molecule has 4 heteroatoms. The highest BCUT2D eigenvalue weighted by Gasteiger charge is 2.10. The molecule has 0 bridgehead atoms. The van der Waals surface area contributed by atoms with Crippen LogP contribution in [0.5, 0.6) is 0 Å². The number of aliphatic carboxylic acids is 1. The number of carbonyl (C=O) groups is 2. The lowest BCUT2D eigenvalue weighted by atomic mass is 10.1. The number of carboxylic acids is 1. The van der Waals surface area contributed by atoms with Crippen LogP contribution in [-0.2, 0) is 9.59 Å². The molecule has 0 aromatic carbocycles. The van der Waals surface area contributed by atoms with Gasteiger partial charge in [0.05, 0.1) is 5.92 Å². The number of carbonyl (C=O) groups excluding carboxylic acids is 1. The fraction of sp³-hybridized carbons (Fsp3) is 0.667. The van der Waals surface area contributed by atoms with Crippen LogP contribution in [0.4, 0.5) is 0 Å². The minimum atomic E-state index is -0.888. The van der Waals surface area contributed by atoms with Crippen molar-refractivity contribution in [3.63, 3.8) is 0 Å². The van der Waals surface area contributed by atoms with Crippen LogP contribution in [-0.4, -0.2) is 17.0 Å². The maximum Gasteiger partial charge on any atom is 0.306 e. The topological polar surface area (TPSA) is 80.4 Å². The molecule has 0 unspecified atom stereocenters. The average molecular weight is 145 g/mol. The Balaban J connectivity index is 3.49. The molecular formula is C6H11NO3. The van der Waals surface area contributed by atoms with Crippen LogP contribution in [0.25, 0.3) is 0 Å². The van der Waals surface area contributed by atoms with Gasteiger partial charge in [-0.05, 0) is 6.42 Å². The second-order valence-corrected chi connectivity index (χ2v) is 2.24. The third kappa shape index (κ3) is 3.88. The molecule has 4 nitrogen and oxygen atoms in total. The van der Waals surface area contributed by atoms with E-state index in [-0.39, 0.29) is 6.42 Å². The number of nitrogens with two attached hydrogens (primary N) is 1. The molecule has 0 aliphatic heterocycles. The standard InChI is InChI=1S/C6H11NO3/c1-4(6(9)10)2-3-5(7)8/h4H,2-3H2,1H3,(H2,7,8)(H,9,10)/t4-/m0/s1. The van der Waals surface area contributed by atoms with E-state index in [0.29, 0.717) is 6.42 Å². The largest absolute Gasteiger partial charge is 0.481 e. The van der Waals surface area contributed by atoms with Crippen molar-refractivity contribution in [2.75, 3.05) is 0 Å². The first-order valence-electron chi connectivity index (χ1n) is 3.05. The highest BCUT2D eigenvalue weighted by Crippen LogP contribution is 2.03. The van der Waals surface area contributed by atoms with Crippen LogP contribution in [0.3, 0.4) is 0 Å². The Kier molecular flexibility index (Phi) is 3.46. The highest BCUT2D eigenvalue weighted by atomic mass is 16.4. The minimum Gasteiger partial charge on any atom is -0.481 e. The molecule has 58 valence electrons. The summed E-state index contributed by atoms with van der Waals surface area (Å²) in [5.74, 6) is -1.82. The average Bonchev–Trinajstić information content (AvgIpc) is 1.82. The van der Waals surface area contributed by atoms with Gasteiger partial charge in [0, 0.05) is 6.42 Å². The predicted molar refractivity (Wildman–Crippen MR) is 35.2 cm³/mol. The predicted octanol–water partition coefficient (Wildman–Crippen LogP) is -0.0274. The fourth-order valence-corrected chi connectivity index (χ4v) is 0.482. The summed E-state index contributed by atoms with van der Waals surface area (Å²) in [6.07, 6.45) is 0.470. The lowest BCUT2D eigenvalue weighted by molar-refractivity contribution is -0.141. The van der Waals surface area contributed by atoms with Gasteiger partial charge in [-0.1, -0.05) is 6.92 Å². The summed E-state index contributed by atoms with van der Waals surface area (Å²) >= 11 is 0. The van der Waals surface area contributed by atoms with E-state index in [1.165, 1.54) is 0 Å². The Morgan fingerprint density at radius 2 is 2.10 bits per heavy atom. The molecule has 0 fully saturated rings. The van der Waals surface area contributed by atoms with E-state index in [4.69, 9.17) is 10.8 Å². The number of amides is 1. The van der Waals surface area contributed by atoms with Crippen LogP contribution in [0, 0.1) is 5.92 Å². The van der Waals surface area contributed by atoms with Crippen LogP contribution in [0.2, 0.25) is 0 Å². The molecule has 0 aromatic rings. The molecule has 10 heavy (non-hydrogen) atoms. The van der Waals surface area contributed by atoms with Crippen molar-refractivity contribution >= 4 is 11.9 Å². The zero-order valence-corrected chi connectivity index (χ0v) is 5.83. The SMILES string of the molecule is C[C@@H](CCC(N)=O)C(=O)O. The van der Waals surface area contributed by atoms with Gasteiger partial charge in [0.1, 0.15) is 0 Å². The number of hydrogen-bond acceptors (Lipinski definition) is 2. The molecule has 0 saturated carbocycles. The normalized spacial score (nSPS) is 12.5. The molecule has 0 rings (SSSR count). The summed E-state index contributed by atoms with van der Waals surface area (Å²) in [4.78, 5) is 20.3. The molecule has 0 heterocycles. The van der Waals surface area contributed by atoms with Crippen LogP contribution < -0.4 is 5.73 Å². The van der Waals surface area contributed by atoms with Gasteiger partial charge in [-0.2, -0.15) is 0 Å². The fourth-order valence-electron chi connectivity index (χ4n) is 0.482. The zero-order valence-electron chi connectivity index (χ0n) is 5.83. The van der Waals surface area contributed by atoms with E-state index < -0.39 is 17.8 Å². The van der Waals surface area contributed by atoms with Crippen molar-refractivity contribution in [3.05, 3.63) is 0 Å². The van der Waals surface area contributed by atoms with Gasteiger partial charge >= 0.3 is 5.97 Å². The lowest BCUT2D eigenvalue weighted by Gasteiger charge is -2.01. The van der Waals surface area contributed by atoms with Crippen LogP contribution in [0.15, 0.2) is 0 Å². The van der Waals surface area contributed by atoms with Crippen molar-refractivity contribution in [2.24, 2.45) is 11.7 Å². The number of primary amides is 1. The second-order valence-electron chi connectivity index (χ2n) is 2.24. The maximum absolute atomic E-state index is 10.2. The van der Waals surface area contributed by atoms with Crippen molar-refractivity contribution in [3.8, 4) is 0 Å². The van der Waals surface area contributed by atoms with E-state index in [9.17, 15) is 9.59 Å².